The van der Waals surface area contributed by atoms with Gasteiger partial charge in [-0.15, -0.1) is 0 Å². The molecule has 3 heterocycles. The van der Waals surface area contributed by atoms with E-state index < -0.39 is 41.8 Å². The van der Waals surface area contributed by atoms with E-state index in [-0.39, 0.29) is 37.1 Å². The Balaban J connectivity index is 2.14. The molecule has 3 bridgehead atoms. The summed E-state index contributed by atoms with van der Waals surface area (Å²) in [5, 5.41) is 0. The van der Waals surface area contributed by atoms with Crippen LogP contribution in [0.3, 0.4) is 0 Å². The fraction of sp³-hybridized carbons (Fsp3) is 0.909. The number of hydrogen-bond acceptors (Lipinski definition) is 10. The maximum atomic E-state index is 13.9. The van der Waals surface area contributed by atoms with Gasteiger partial charge in [0.2, 0.25) is 0 Å². The highest BCUT2D eigenvalue weighted by Gasteiger charge is 2.64. The van der Waals surface area contributed by atoms with Crippen molar-refractivity contribution in [2.75, 3.05) is 35.2 Å². The Morgan fingerprint density at radius 2 is 1.60 bits per heavy atom. The molecule has 1 spiro atoms. The van der Waals surface area contributed by atoms with Crippen molar-refractivity contribution in [3.63, 3.8) is 0 Å². The predicted octanol–water partition coefficient (Wildman–Crippen LogP) is 5.41. The van der Waals surface area contributed by atoms with Gasteiger partial charge in [-0.1, -0.05) is 40.7 Å². The quantitative estimate of drug-likeness (QED) is 0.180. The third-order valence-corrected chi connectivity index (χ3v) is 10.0. The molecule has 0 radical (unpaired) electrons. The molecule has 2 unspecified atom stereocenters. The molecule has 3 aliphatic heterocycles. The van der Waals surface area contributed by atoms with Gasteiger partial charge >= 0.3 is 5.97 Å². The van der Waals surface area contributed by atoms with Crippen LogP contribution in [-0.4, -0.2) is 96.0 Å². The van der Waals surface area contributed by atoms with E-state index in [9.17, 15) is 4.79 Å². The van der Waals surface area contributed by atoms with E-state index in [0.717, 1.165) is 18.4 Å². The van der Waals surface area contributed by atoms with Crippen LogP contribution in [-0.2, 0) is 47.4 Å². The van der Waals surface area contributed by atoms with E-state index in [1.807, 2.05) is 13.8 Å². The lowest BCUT2D eigenvalue weighted by Crippen LogP contribution is -2.70. The standard InChI is InChI=1S/C33H58O10/c1-12-23(13-2)14-20(3)26-15-24(36-9)18-29-32(6,7)33(42-22(5)40-29)21(4)27(37-10)16-25(43-33)17-28(38-11)30(31(34)41-26)39-19-35-8/h14,21-30H,12-13,15-19H2,1-11H3/b20-14-/t21-,22+,24+,25-,26+,27-,28-,29?,30+,33?/m0/s1. The van der Waals surface area contributed by atoms with Gasteiger partial charge in [0.1, 0.15) is 12.9 Å². The molecule has 0 saturated carbocycles. The van der Waals surface area contributed by atoms with Gasteiger partial charge in [-0.25, -0.2) is 4.79 Å². The second kappa shape index (κ2) is 15.9. The van der Waals surface area contributed by atoms with E-state index in [2.05, 4.69) is 40.7 Å². The number of esters is 1. The maximum absolute atomic E-state index is 13.9. The second-order valence-corrected chi connectivity index (χ2v) is 13.0. The highest BCUT2D eigenvalue weighted by atomic mass is 16.8. The van der Waals surface area contributed by atoms with Crippen LogP contribution in [0.1, 0.15) is 87.0 Å². The highest BCUT2D eigenvalue weighted by molar-refractivity contribution is 5.76. The fourth-order valence-corrected chi connectivity index (χ4v) is 7.21. The van der Waals surface area contributed by atoms with Gasteiger partial charge < -0.3 is 42.6 Å². The first-order chi connectivity index (χ1) is 20.4. The van der Waals surface area contributed by atoms with Crippen LogP contribution in [0.2, 0.25) is 0 Å². The summed E-state index contributed by atoms with van der Waals surface area (Å²) in [5.41, 5.74) is 0.403. The van der Waals surface area contributed by atoms with Gasteiger partial charge in [0.15, 0.2) is 18.2 Å². The zero-order chi connectivity index (χ0) is 31.9. The van der Waals surface area contributed by atoms with E-state index in [4.69, 9.17) is 42.6 Å². The third kappa shape index (κ3) is 8.01. The van der Waals surface area contributed by atoms with E-state index >= 15 is 0 Å². The number of fused-ring (bicyclic) bond motifs is 2. The van der Waals surface area contributed by atoms with Crippen molar-refractivity contribution in [3.8, 4) is 0 Å². The Bertz CT molecular complexity index is 904. The lowest BCUT2D eigenvalue weighted by atomic mass is 9.66. The summed E-state index contributed by atoms with van der Waals surface area (Å²) >= 11 is 0. The molecule has 0 aromatic rings. The molecule has 10 heteroatoms. The van der Waals surface area contributed by atoms with Crippen LogP contribution in [0.25, 0.3) is 0 Å². The molecule has 250 valence electrons. The first-order valence-corrected chi connectivity index (χ1v) is 16.0. The number of rotatable bonds is 10. The fourth-order valence-electron chi connectivity index (χ4n) is 7.21. The van der Waals surface area contributed by atoms with Gasteiger partial charge in [0.05, 0.1) is 30.5 Å². The number of hydrogen-bond donors (Lipinski definition) is 0. The normalized spacial score (nSPS) is 39.3. The minimum Gasteiger partial charge on any atom is -0.456 e. The summed E-state index contributed by atoms with van der Waals surface area (Å²) in [7, 11) is 6.51. The third-order valence-electron chi connectivity index (χ3n) is 10.0. The zero-order valence-electron chi connectivity index (χ0n) is 28.4. The Morgan fingerprint density at radius 1 is 0.953 bits per heavy atom. The molecule has 0 amide bonds. The summed E-state index contributed by atoms with van der Waals surface area (Å²) in [6.07, 6.45) is 2.43. The lowest BCUT2D eigenvalue weighted by Gasteiger charge is -2.61. The molecule has 43 heavy (non-hydrogen) atoms. The molecule has 3 saturated heterocycles. The summed E-state index contributed by atoms with van der Waals surface area (Å²) < 4.78 is 55.6. The largest absolute Gasteiger partial charge is 0.456 e. The van der Waals surface area contributed by atoms with Crippen LogP contribution in [0.5, 0.6) is 0 Å². The minimum atomic E-state index is -1.03. The number of carbonyl (C=O) groups excluding carboxylic acids is 1. The number of carbonyl (C=O) groups is 1. The monoisotopic (exact) mass is 614 g/mol. The molecule has 10 nitrogen and oxygen atoms in total. The van der Waals surface area contributed by atoms with Gasteiger partial charge in [0.25, 0.3) is 0 Å². The Labute approximate surface area is 259 Å². The molecular formula is C33H58O10. The topological polar surface area (TPSA) is 100 Å². The molecule has 0 aromatic heterocycles. The van der Waals surface area contributed by atoms with Gasteiger partial charge in [-0.3, -0.25) is 0 Å². The molecular weight excluding hydrogens is 556 g/mol. The molecule has 3 rings (SSSR count). The molecule has 3 aliphatic rings. The van der Waals surface area contributed by atoms with Crippen LogP contribution in [0.15, 0.2) is 11.6 Å². The van der Waals surface area contributed by atoms with Crippen molar-refractivity contribution in [1.82, 2.24) is 0 Å². The predicted molar refractivity (Wildman–Crippen MR) is 161 cm³/mol. The Morgan fingerprint density at radius 3 is 2.19 bits per heavy atom. The average Bonchev–Trinajstić information content (AvgIpc) is 2.97. The van der Waals surface area contributed by atoms with E-state index in [1.165, 1.54) is 7.11 Å². The van der Waals surface area contributed by atoms with Crippen molar-refractivity contribution in [3.05, 3.63) is 11.6 Å². The van der Waals surface area contributed by atoms with Gasteiger partial charge in [-0.05, 0) is 38.2 Å². The molecule has 0 aromatic carbocycles. The molecule has 0 aliphatic carbocycles. The van der Waals surface area contributed by atoms with Crippen molar-refractivity contribution in [1.29, 1.82) is 0 Å². The van der Waals surface area contributed by atoms with E-state index in [1.54, 1.807) is 21.3 Å². The van der Waals surface area contributed by atoms with E-state index in [0.29, 0.717) is 31.6 Å². The Hall–Kier alpha value is -1.11. The smallest absolute Gasteiger partial charge is 0.338 e. The lowest BCUT2D eigenvalue weighted by molar-refractivity contribution is -0.455. The van der Waals surface area contributed by atoms with Gasteiger partial charge in [-0.2, -0.15) is 0 Å². The summed E-state index contributed by atoms with van der Waals surface area (Å²) in [6.45, 7) is 14.6. The average molecular weight is 615 g/mol. The first kappa shape index (κ1) is 36.4. The summed E-state index contributed by atoms with van der Waals surface area (Å²) in [4.78, 5) is 13.9. The Kier molecular flexibility index (Phi) is 13.5. The number of cyclic esters (lactones) is 1. The molecule has 10 atom stereocenters. The molecule has 3 fully saturated rings. The maximum Gasteiger partial charge on any atom is 0.338 e. The van der Waals surface area contributed by atoms with Crippen molar-refractivity contribution >= 4 is 5.97 Å². The first-order valence-electron chi connectivity index (χ1n) is 16.0. The number of ether oxygens (including phenoxy) is 9. The minimum absolute atomic E-state index is 0.0899. The second-order valence-electron chi connectivity index (χ2n) is 13.0. The van der Waals surface area contributed by atoms with Gasteiger partial charge in [0, 0.05) is 65.5 Å². The van der Waals surface area contributed by atoms with Crippen LogP contribution in [0.4, 0.5) is 0 Å². The SMILES string of the molecule is CCC(/C=C(/C)[C@H]1C[C@@H](OC)CC2O[C@@H](C)OC3(O[C@H](C[C@H](OC)[C@@H](OCOC)C(=O)O1)C[C@H](OC)[C@@H]3C)C2(C)C)CC. The van der Waals surface area contributed by atoms with Crippen molar-refractivity contribution in [2.45, 2.75) is 142 Å². The summed E-state index contributed by atoms with van der Waals surface area (Å²) in [5.74, 6) is -1.25. The number of allylic oxidation sites excluding steroid dienone is 1. The summed E-state index contributed by atoms with van der Waals surface area (Å²) in [6, 6.07) is 0. The van der Waals surface area contributed by atoms with Crippen LogP contribution < -0.4 is 0 Å². The van der Waals surface area contributed by atoms with Crippen LogP contribution in [0, 0.1) is 17.3 Å². The highest BCUT2D eigenvalue weighted by Crippen LogP contribution is 2.55. The number of methoxy groups -OCH3 is 4. The van der Waals surface area contributed by atoms with Crippen LogP contribution >= 0.6 is 0 Å². The van der Waals surface area contributed by atoms with Crippen molar-refractivity contribution < 1.29 is 47.4 Å². The molecule has 0 N–H and O–H groups in total. The van der Waals surface area contributed by atoms with Crippen molar-refractivity contribution in [2.24, 2.45) is 17.3 Å². The zero-order valence-corrected chi connectivity index (χ0v) is 28.4.